The molecule has 2 aromatic heterocycles. The molecule has 0 aliphatic carbocycles. The van der Waals surface area contributed by atoms with Gasteiger partial charge >= 0.3 is 0 Å². The van der Waals surface area contributed by atoms with Gasteiger partial charge in [-0.1, -0.05) is 48.5 Å². The zero-order valence-electron chi connectivity index (χ0n) is 13.2. The highest BCUT2D eigenvalue weighted by Gasteiger charge is 2.28. The fourth-order valence-electron chi connectivity index (χ4n) is 2.44. The maximum Gasteiger partial charge on any atom is 0.130 e. The van der Waals surface area contributed by atoms with E-state index in [1.165, 1.54) is 11.1 Å². The van der Waals surface area contributed by atoms with Crippen LogP contribution >= 0.6 is 0 Å². The van der Waals surface area contributed by atoms with Gasteiger partial charge in [0.1, 0.15) is 5.82 Å². The zero-order valence-corrected chi connectivity index (χ0v) is 13.2. The molecule has 2 aromatic rings. The lowest BCUT2D eigenvalue weighted by atomic mass is 9.83. The molecule has 104 valence electrons. The summed E-state index contributed by atoms with van der Waals surface area (Å²) in [6, 6.07) is 2.13. The van der Waals surface area contributed by atoms with E-state index >= 15 is 0 Å². The fraction of sp³-hybridized carbons (Fsp3) is 0.625. The average Bonchev–Trinajstić information content (AvgIpc) is 2.65. The number of rotatable bonds is 1. The summed E-state index contributed by atoms with van der Waals surface area (Å²) in [6.07, 6.45) is 2.79. The van der Waals surface area contributed by atoms with Crippen LogP contribution in [0, 0.1) is 0 Å². The van der Waals surface area contributed by atoms with Crippen molar-refractivity contribution in [3.8, 4) is 0 Å². The van der Waals surface area contributed by atoms with Gasteiger partial charge in [0, 0.05) is 18.0 Å². The Balaban J connectivity index is 2.90. The van der Waals surface area contributed by atoms with Gasteiger partial charge in [0.15, 0.2) is 0 Å². The number of imidazole rings is 1. The lowest BCUT2D eigenvalue weighted by molar-refractivity contribution is 0.566. The summed E-state index contributed by atoms with van der Waals surface area (Å²) in [7, 11) is 0. The second-order valence-electron chi connectivity index (χ2n) is 7.24. The molecule has 0 fully saturated rings. The average molecular weight is 259 g/mol. The molecular formula is C16H25N3. The number of aryl methyl sites for hydroxylation is 1. The van der Waals surface area contributed by atoms with Crippen LogP contribution in [0.4, 0.5) is 0 Å². The van der Waals surface area contributed by atoms with E-state index < -0.39 is 0 Å². The highest BCUT2D eigenvalue weighted by atomic mass is 15.3. The normalized spacial score (nSPS) is 13.2. The van der Waals surface area contributed by atoms with Crippen molar-refractivity contribution in [2.45, 2.75) is 65.7 Å². The molecule has 0 aliphatic heterocycles. The van der Waals surface area contributed by atoms with Crippen molar-refractivity contribution in [1.29, 1.82) is 0 Å². The predicted molar refractivity (Wildman–Crippen MR) is 79.8 cm³/mol. The highest BCUT2D eigenvalue weighted by molar-refractivity contribution is 5.63. The predicted octanol–water partition coefficient (Wildman–Crippen LogP) is 3.89. The second-order valence-corrected chi connectivity index (χ2v) is 7.24. The van der Waals surface area contributed by atoms with Gasteiger partial charge in [0.05, 0.1) is 11.2 Å². The van der Waals surface area contributed by atoms with Crippen molar-refractivity contribution >= 4 is 5.52 Å². The van der Waals surface area contributed by atoms with Gasteiger partial charge in [-0.05, 0) is 17.0 Å². The Hall–Kier alpha value is -1.38. The van der Waals surface area contributed by atoms with Crippen LogP contribution < -0.4 is 0 Å². The largest absolute Gasteiger partial charge is 0.235 e. The van der Waals surface area contributed by atoms with Crippen molar-refractivity contribution < 1.29 is 0 Å². The summed E-state index contributed by atoms with van der Waals surface area (Å²) >= 11 is 0. The Morgan fingerprint density at radius 3 is 2.16 bits per heavy atom. The molecule has 2 heterocycles. The van der Waals surface area contributed by atoms with Gasteiger partial charge < -0.3 is 0 Å². The van der Waals surface area contributed by atoms with E-state index in [2.05, 4.69) is 59.6 Å². The molecule has 0 aliphatic rings. The Bertz CT molecular complexity index is 595. The molecule has 0 amide bonds. The molecule has 0 saturated carbocycles. The van der Waals surface area contributed by atoms with E-state index in [0.29, 0.717) is 0 Å². The molecule has 0 saturated heterocycles. The molecule has 0 atom stereocenters. The summed E-state index contributed by atoms with van der Waals surface area (Å²) < 4.78 is 2.03. The first-order valence-corrected chi connectivity index (χ1v) is 7.04. The number of nitrogens with zero attached hydrogens (tertiary/aromatic N) is 3. The highest BCUT2D eigenvalue weighted by Crippen LogP contribution is 2.33. The summed E-state index contributed by atoms with van der Waals surface area (Å²) in [5.74, 6) is 1.05. The Morgan fingerprint density at radius 2 is 1.68 bits per heavy atom. The van der Waals surface area contributed by atoms with Crippen molar-refractivity contribution in [3.05, 3.63) is 29.3 Å². The van der Waals surface area contributed by atoms with E-state index in [1.807, 2.05) is 10.7 Å². The van der Waals surface area contributed by atoms with Crippen LogP contribution in [0.1, 0.15) is 65.5 Å². The lowest BCUT2D eigenvalue weighted by Gasteiger charge is -2.23. The van der Waals surface area contributed by atoms with Gasteiger partial charge in [-0.25, -0.2) is 9.50 Å². The topological polar surface area (TPSA) is 30.2 Å². The molecule has 0 N–H and O–H groups in total. The van der Waals surface area contributed by atoms with E-state index in [-0.39, 0.29) is 10.8 Å². The molecule has 0 aromatic carbocycles. The standard InChI is InChI=1S/C16H25N3/c1-8-12-18-14(16(5,6)7)13-11(15(2,3)4)9-10-17-19(12)13/h9-10H,8H2,1-7H3. The van der Waals surface area contributed by atoms with E-state index in [0.717, 1.165) is 17.9 Å². The Labute approximate surface area is 116 Å². The minimum atomic E-state index is 0.0295. The van der Waals surface area contributed by atoms with Gasteiger partial charge in [-0.15, -0.1) is 0 Å². The number of hydrogen-bond donors (Lipinski definition) is 0. The third-order valence-corrected chi connectivity index (χ3v) is 3.43. The minimum absolute atomic E-state index is 0.0295. The molecule has 0 spiro atoms. The number of hydrogen-bond acceptors (Lipinski definition) is 2. The van der Waals surface area contributed by atoms with Gasteiger partial charge in [0.25, 0.3) is 0 Å². The van der Waals surface area contributed by atoms with Gasteiger partial charge in [-0.2, -0.15) is 5.10 Å². The monoisotopic (exact) mass is 259 g/mol. The Kier molecular flexibility index (Phi) is 3.20. The van der Waals surface area contributed by atoms with E-state index in [1.54, 1.807) is 0 Å². The van der Waals surface area contributed by atoms with Crippen molar-refractivity contribution in [1.82, 2.24) is 14.6 Å². The third-order valence-electron chi connectivity index (χ3n) is 3.43. The maximum absolute atomic E-state index is 4.85. The van der Waals surface area contributed by atoms with E-state index in [9.17, 15) is 0 Å². The molecule has 3 nitrogen and oxygen atoms in total. The summed E-state index contributed by atoms with van der Waals surface area (Å²) in [4.78, 5) is 4.85. The van der Waals surface area contributed by atoms with Crippen LogP contribution in [0.25, 0.3) is 5.52 Å². The Morgan fingerprint density at radius 1 is 1.05 bits per heavy atom. The van der Waals surface area contributed by atoms with Crippen LogP contribution in [0.5, 0.6) is 0 Å². The van der Waals surface area contributed by atoms with E-state index in [4.69, 9.17) is 4.98 Å². The van der Waals surface area contributed by atoms with Gasteiger partial charge in [-0.3, -0.25) is 0 Å². The first kappa shape index (κ1) is 14.0. The van der Waals surface area contributed by atoms with Crippen LogP contribution in [-0.2, 0) is 17.3 Å². The SMILES string of the molecule is CCc1nc(C(C)(C)C)c2c(C(C)(C)C)ccnn12. The molecule has 3 heteroatoms. The number of aromatic nitrogens is 3. The molecule has 2 rings (SSSR count). The first-order valence-electron chi connectivity index (χ1n) is 7.04. The van der Waals surface area contributed by atoms with Crippen molar-refractivity contribution in [2.24, 2.45) is 0 Å². The summed E-state index contributed by atoms with van der Waals surface area (Å²) in [6.45, 7) is 15.5. The number of fused-ring (bicyclic) bond motifs is 1. The molecular weight excluding hydrogens is 234 g/mol. The zero-order chi connectivity index (χ0) is 14.4. The third kappa shape index (κ3) is 2.38. The minimum Gasteiger partial charge on any atom is -0.235 e. The maximum atomic E-state index is 4.85. The quantitative estimate of drug-likeness (QED) is 0.778. The van der Waals surface area contributed by atoms with Crippen LogP contribution in [0.15, 0.2) is 12.3 Å². The van der Waals surface area contributed by atoms with Gasteiger partial charge in [0.2, 0.25) is 0 Å². The smallest absolute Gasteiger partial charge is 0.130 e. The molecule has 0 bridgehead atoms. The lowest BCUT2D eigenvalue weighted by Crippen LogP contribution is -2.18. The fourth-order valence-corrected chi connectivity index (χ4v) is 2.44. The van der Waals surface area contributed by atoms with Crippen molar-refractivity contribution in [3.63, 3.8) is 0 Å². The molecule has 0 unspecified atom stereocenters. The molecule has 19 heavy (non-hydrogen) atoms. The molecule has 0 radical (unpaired) electrons. The second kappa shape index (κ2) is 4.32. The van der Waals surface area contributed by atoms with Crippen LogP contribution in [-0.4, -0.2) is 14.6 Å². The summed E-state index contributed by atoms with van der Waals surface area (Å²) in [5, 5.41) is 4.51. The van der Waals surface area contributed by atoms with Crippen LogP contribution in [0.2, 0.25) is 0 Å². The first-order chi connectivity index (χ1) is 8.66. The van der Waals surface area contributed by atoms with Crippen LogP contribution in [0.3, 0.4) is 0 Å². The summed E-state index contributed by atoms with van der Waals surface area (Å²) in [5.41, 5.74) is 3.79. The van der Waals surface area contributed by atoms with Crippen molar-refractivity contribution in [2.75, 3.05) is 0 Å².